The summed E-state index contributed by atoms with van der Waals surface area (Å²) in [6.07, 6.45) is 1.42. The second-order valence-electron chi connectivity index (χ2n) is 4.06. The number of rotatable bonds is 2. The lowest BCUT2D eigenvalue weighted by Crippen LogP contribution is -2.14. The summed E-state index contributed by atoms with van der Waals surface area (Å²) in [6, 6.07) is 5.83. The van der Waals surface area contributed by atoms with E-state index in [-0.39, 0.29) is 11.3 Å². The highest BCUT2D eigenvalue weighted by Gasteiger charge is 2.15. The van der Waals surface area contributed by atoms with Gasteiger partial charge in [0.25, 0.3) is 5.91 Å². The van der Waals surface area contributed by atoms with Crippen molar-refractivity contribution in [2.24, 2.45) is 0 Å². The third-order valence-electron chi connectivity index (χ3n) is 2.59. The van der Waals surface area contributed by atoms with E-state index in [1.54, 1.807) is 13.0 Å². The predicted molar refractivity (Wildman–Crippen MR) is 71.1 cm³/mol. The topological polar surface area (TPSA) is 108 Å². The van der Waals surface area contributed by atoms with Gasteiger partial charge in [0.15, 0.2) is 11.5 Å². The van der Waals surface area contributed by atoms with Gasteiger partial charge < -0.3 is 21.3 Å². The summed E-state index contributed by atoms with van der Waals surface area (Å²) in [5.41, 5.74) is 6.73. The molecule has 1 heterocycles. The first kappa shape index (κ1) is 12.7. The van der Waals surface area contributed by atoms with Crippen LogP contribution in [0, 0.1) is 6.92 Å². The lowest BCUT2D eigenvalue weighted by Gasteiger charge is -2.09. The molecule has 5 N–H and O–H groups in total. The van der Waals surface area contributed by atoms with Gasteiger partial charge >= 0.3 is 0 Å². The van der Waals surface area contributed by atoms with Crippen LogP contribution in [-0.4, -0.2) is 21.1 Å². The average Bonchev–Trinajstić information content (AvgIpc) is 2.36. The number of nitrogens with zero attached hydrogens (tertiary/aromatic N) is 1. The SMILES string of the molecule is Cc1cc(N)cnc1NC(=O)c1cccc(O)c1O. The van der Waals surface area contributed by atoms with Crippen molar-refractivity contribution < 1.29 is 15.0 Å². The first-order valence-electron chi connectivity index (χ1n) is 5.53. The lowest BCUT2D eigenvalue weighted by molar-refractivity contribution is 0.102. The number of hydrogen-bond acceptors (Lipinski definition) is 5. The summed E-state index contributed by atoms with van der Waals surface area (Å²) in [4.78, 5) is 16.0. The molecule has 98 valence electrons. The molecule has 0 atom stereocenters. The van der Waals surface area contributed by atoms with E-state index in [0.29, 0.717) is 17.1 Å². The molecule has 6 nitrogen and oxygen atoms in total. The molecule has 0 aliphatic heterocycles. The number of nitrogens with one attached hydrogen (secondary N) is 1. The Bertz CT molecular complexity index is 641. The highest BCUT2D eigenvalue weighted by Crippen LogP contribution is 2.28. The standard InChI is InChI=1S/C13H13N3O3/c1-7-5-8(14)6-15-12(7)16-13(19)9-3-2-4-10(17)11(9)18/h2-6,17-18H,14H2,1H3,(H,15,16,19). The Hall–Kier alpha value is -2.76. The van der Waals surface area contributed by atoms with Crippen LogP contribution in [0.3, 0.4) is 0 Å². The van der Waals surface area contributed by atoms with Crippen LogP contribution in [0.1, 0.15) is 15.9 Å². The van der Waals surface area contributed by atoms with Gasteiger partial charge in [-0.1, -0.05) is 6.07 Å². The molecule has 0 unspecified atom stereocenters. The third-order valence-corrected chi connectivity index (χ3v) is 2.59. The van der Waals surface area contributed by atoms with Crippen molar-refractivity contribution in [2.75, 3.05) is 11.1 Å². The number of phenolic OH excluding ortho intramolecular Hbond substituents is 2. The number of carbonyl (C=O) groups is 1. The summed E-state index contributed by atoms with van der Waals surface area (Å²) in [6.45, 7) is 1.75. The zero-order chi connectivity index (χ0) is 14.0. The molecule has 19 heavy (non-hydrogen) atoms. The molecule has 2 rings (SSSR count). The number of aromatic nitrogens is 1. The van der Waals surface area contributed by atoms with Crippen LogP contribution in [0.2, 0.25) is 0 Å². The number of nitrogens with two attached hydrogens (primary N) is 1. The smallest absolute Gasteiger partial charge is 0.260 e. The Morgan fingerprint density at radius 3 is 2.79 bits per heavy atom. The van der Waals surface area contributed by atoms with Crippen molar-refractivity contribution in [3.05, 3.63) is 41.6 Å². The van der Waals surface area contributed by atoms with E-state index in [4.69, 9.17) is 5.73 Å². The minimum absolute atomic E-state index is 0.0296. The first-order chi connectivity index (χ1) is 8.99. The minimum Gasteiger partial charge on any atom is -0.504 e. The molecule has 0 radical (unpaired) electrons. The summed E-state index contributed by atoms with van der Waals surface area (Å²) in [5, 5.41) is 21.5. The average molecular weight is 259 g/mol. The molecule has 1 amide bonds. The molecule has 1 aromatic heterocycles. The van der Waals surface area contributed by atoms with Crippen molar-refractivity contribution in [2.45, 2.75) is 6.92 Å². The van der Waals surface area contributed by atoms with Crippen LogP contribution in [0.25, 0.3) is 0 Å². The van der Waals surface area contributed by atoms with Crippen LogP contribution >= 0.6 is 0 Å². The molecule has 0 saturated carbocycles. The van der Waals surface area contributed by atoms with Crippen molar-refractivity contribution in [3.8, 4) is 11.5 Å². The van der Waals surface area contributed by atoms with Crippen LogP contribution in [0.5, 0.6) is 11.5 Å². The highest BCUT2D eigenvalue weighted by molar-refractivity contribution is 6.06. The van der Waals surface area contributed by atoms with Gasteiger partial charge in [-0.15, -0.1) is 0 Å². The van der Waals surface area contributed by atoms with Crippen molar-refractivity contribution in [3.63, 3.8) is 0 Å². The minimum atomic E-state index is -0.561. The fourth-order valence-electron chi connectivity index (χ4n) is 1.62. The summed E-state index contributed by atoms with van der Waals surface area (Å²) >= 11 is 0. The normalized spacial score (nSPS) is 10.2. The van der Waals surface area contributed by atoms with Gasteiger partial charge in [-0.05, 0) is 30.7 Å². The van der Waals surface area contributed by atoms with Crippen molar-refractivity contribution in [1.82, 2.24) is 4.98 Å². The predicted octanol–water partition coefficient (Wildman–Crippen LogP) is 1.64. The number of amides is 1. The molecule has 0 aliphatic rings. The number of hydrogen-bond donors (Lipinski definition) is 4. The Labute approximate surface area is 109 Å². The quantitative estimate of drug-likeness (QED) is 0.613. The lowest BCUT2D eigenvalue weighted by atomic mass is 10.1. The van der Waals surface area contributed by atoms with Crippen LogP contribution in [0.4, 0.5) is 11.5 Å². The van der Waals surface area contributed by atoms with E-state index in [1.165, 1.54) is 24.4 Å². The maximum Gasteiger partial charge on any atom is 0.260 e. The summed E-state index contributed by atoms with van der Waals surface area (Å²) < 4.78 is 0. The van der Waals surface area contributed by atoms with Crippen molar-refractivity contribution in [1.29, 1.82) is 0 Å². The fraction of sp³-hybridized carbons (Fsp3) is 0.0769. The van der Waals surface area contributed by atoms with Gasteiger partial charge in [0, 0.05) is 0 Å². The van der Waals surface area contributed by atoms with E-state index in [2.05, 4.69) is 10.3 Å². The number of aromatic hydroxyl groups is 2. The number of anilines is 2. The number of carbonyl (C=O) groups excluding carboxylic acids is 1. The maximum atomic E-state index is 12.0. The van der Waals surface area contributed by atoms with Crippen LogP contribution in [-0.2, 0) is 0 Å². The molecule has 0 aliphatic carbocycles. The number of pyridine rings is 1. The second-order valence-corrected chi connectivity index (χ2v) is 4.06. The zero-order valence-electron chi connectivity index (χ0n) is 10.2. The molecule has 0 bridgehead atoms. The molecule has 2 aromatic rings. The Morgan fingerprint density at radius 1 is 1.37 bits per heavy atom. The van der Waals surface area contributed by atoms with Gasteiger partial charge in [0.1, 0.15) is 5.82 Å². The molecule has 0 saturated heterocycles. The molecular weight excluding hydrogens is 246 g/mol. The van der Waals surface area contributed by atoms with E-state index in [9.17, 15) is 15.0 Å². The number of nitrogen functional groups attached to an aromatic ring is 1. The number of aryl methyl sites for hydroxylation is 1. The monoisotopic (exact) mass is 259 g/mol. The fourth-order valence-corrected chi connectivity index (χ4v) is 1.62. The Morgan fingerprint density at radius 2 is 2.11 bits per heavy atom. The molecule has 0 fully saturated rings. The van der Waals surface area contributed by atoms with Gasteiger partial charge in [-0.2, -0.15) is 0 Å². The van der Waals surface area contributed by atoms with E-state index >= 15 is 0 Å². The molecule has 6 heteroatoms. The Kier molecular flexibility index (Phi) is 3.24. The Balaban J connectivity index is 2.28. The molecule has 0 spiro atoms. The number of para-hydroxylation sites is 1. The van der Waals surface area contributed by atoms with Crippen molar-refractivity contribution >= 4 is 17.4 Å². The highest BCUT2D eigenvalue weighted by atomic mass is 16.3. The van der Waals surface area contributed by atoms with Gasteiger partial charge in [-0.3, -0.25) is 4.79 Å². The van der Waals surface area contributed by atoms with E-state index in [0.717, 1.165) is 0 Å². The van der Waals surface area contributed by atoms with Gasteiger partial charge in [-0.25, -0.2) is 4.98 Å². The van der Waals surface area contributed by atoms with Crippen LogP contribution in [0.15, 0.2) is 30.5 Å². The largest absolute Gasteiger partial charge is 0.504 e. The second kappa shape index (κ2) is 4.85. The van der Waals surface area contributed by atoms with Gasteiger partial charge in [0.05, 0.1) is 17.4 Å². The summed E-state index contributed by atoms with van der Waals surface area (Å²) in [5.74, 6) is -1.03. The number of benzene rings is 1. The van der Waals surface area contributed by atoms with Crippen LogP contribution < -0.4 is 11.1 Å². The van der Waals surface area contributed by atoms with E-state index < -0.39 is 11.7 Å². The number of phenols is 2. The van der Waals surface area contributed by atoms with Gasteiger partial charge in [0.2, 0.25) is 0 Å². The zero-order valence-corrected chi connectivity index (χ0v) is 10.2. The molecule has 1 aromatic carbocycles. The molecular formula is C13H13N3O3. The van der Waals surface area contributed by atoms with E-state index in [1.807, 2.05) is 0 Å². The maximum absolute atomic E-state index is 12.0. The third kappa shape index (κ3) is 2.57. The summed E-state index contributed by atoms with van der Waals surface area (Å²) in [7, 11) is 0. The first-order valence-corrected chi connectivity index (χ1v) is 5.53.